The fourth-order valence-corrected chi connectivity index (χ4v) is 4.17. The van der Waals surface area contributed by atoms with Gasteiger partial charge in [-0.3, -0.25) is 4.31 Å². The number of rotatable bonds is 3. The molecule has 0 radical (unpaired) electrons. The molecule has 0 saturated carbocycles. The Morgan fingerprint density at radius 3 is 2.79 bits per heavy atom. The number of nitrogens with two attached hydrogens (primary N) is 1. The van der Waals surface area contributed by atoms with E-state index in [9.17, 15) is 8.42 Å². The van der Waals surface area contributed by atoms with E-state index in [4.69, 9.17) is 18.0 Å². The zero-order chi connectivity index (χ0) is 14.2. The first kappa shape index (κ1) is 14.3. The van der Waals surface area contributed by atoms with E-state index in [-0.39, 0.29) is 4.99 Å². The van der Waals surface area contributed by atoms with Crippen molar-refractivity contribution >= 4 is 32.9 Å². The van der Waals surface area contributed by atoms with E-state index in [0.29, 0.717) is 6.54 Å². The molecule has 0 saturated heterocycles. The van der Waals surface area contributed by atoms with Crippen LogP contribution in [0.25, 0.3) is 0 Å². The topological polar surface area (TPSA) is 63.4 Å². The highest BCUT2D eigenvalue weighted by Gasteiger charge is 2.33. The van der Waals surface area contributed by atoms with Crippen LogP contribution in [0.3, 0.4) is 0 Å². The monoisotopic (exact) mass is 298 g/mol. The van der Waals surface area contributed by atoms with Crippen LogP contribution in [0, 0.1) is 6.92 Å². The number of benzene rings is 1. The van der Waals surface area contributed by atoms with Gasteiger partial charge in [-0.05, 0) is 38.3 Å². The maximum Gasteiger partial charge on any atom is 0.244 e. The molecule has 1 aliphatic heterocycles. The first-order valence-corrected chi connectivity index (χ1v) is 8.15. The summed E-state index contributed by atoms with van der Waals surface area (Å²) in [5.74, 6) is 0. The number of hydrogen-bond donors (Lipinski definition) is 1. The Hall–Kier alpha value is -1.14. The summed E-state index contributed by atoms with van der Waals surface area (Å²) in [7, 11) is -3.52. The van der Waals surface area contributed by atoms with E-state index >= 15 is 0 Å². The second kappa shape index (κ2) is 5.09. The summed E-state index contributed by atoms with van der Waals surface area (Å²) < 4.78 is 26.5. The van der Waals surface area contributed by atoms with Gasteiger partial charge in [-0.1, -0.05) is 29.9 Å². The molecule has 6 heteroatoms. The maximum atomic E-state index is 12.5. The van der Waals surface area contributed by atoms with Gasteiger partial charge >= 0.3 is 0 Å². The van der Waals surface area contributed by atoms with Crippen molar-refractivity contribution in [1.82, 2.24) is 0 Å². The van der Waals surface area contributed by atoms with Crippen molar-refractivity contribution in [3.05, 3.63) is 29.3 Å². The lowest BCUT2D eigenvalue weighted by Crippen LogP contribution is -2.45. The molecule has 1 heterocycles. The van der Waals surface area contributed by atoms with E-state index in [1.807, 2.05) is 25.1 Å². The summed E-state index contributed by atoms with van der Waals surface area (Å²) in [6.45, 7) is 4.04. The van der Waals surface area contributed by atoms with Crippen molar-refractivity contribution in [2.75, 3.05) is 10.8 Å². The lowest BCUT2D eigenvalue weighted by atomic mass is 10.0. The van der Waals surface area contributed by atoms with Gasteiger partial charge in [0.2, 0.25) is 10.0 Å². The van der Waals surface area contributed by atoms with Crippen LogP contribution in [-0.4, -0.2) is 25.2 Å². The smallest absolute Gasteiger partial charge is 0.244 e. The third-order valence-electron chi connectivity index (χ3n) is 3.47. The van der Waals surface area contributed by atoms with E-state index in [1.165, 1.54) is 4.31 Å². The zero-order valence-corrected chi connectivity index (χ0v) is 12.7. The summed E-state index contributed by atoms with van der Waals surface area (Å²) in [6.07, 6.45) is 1.73. The number of thiocarbonyl (C=S) groups is 1. The van der Waals surface area contributed by atoms with Gasteiger partial charge in [-0.15, -0.1) is 0 Å². The molecule has 1 aromatic carbocycles. The fourth-order valence-electron chi connectivity index (χ4n) is 2.29. The maximum absolute atomic E-state index is 12.5. The summed E-state index contributed by atoms with van der Waals surface area (Å²) >= 11 is 4.83. The molecule has 0 bridgehead atoms. The molecule has 19 heavy (non-hydrogen) atoms. The number of sulfonamides is 1. The lowest BCUT2D eigenvalue weighted by molar-refractivity contribution is 0.583. The van der Waals surface area contributed by atoms with Gasteiger partial charge in [0, 0.05) is 6.54 Å². The molecule has 2 rings (SSSR count). The molecule has 2 N–H and O–H groups in total. The van der Waals surface area contributed by atoms with E-state index < -0.39 is 15.3 Å². The van der Waals surface area contributed by atoms with Gasteiger partial charge in [0.25, 0.3) is 0 Å². The Labute approximate surface area is 119 Å². The highest BCUT2D eigenvalue weighted by molar-refractivity contribution is 7.95. The first-order valence-electron chi connectivity index (χ1n) is 6.24. The molecule has 1 atom stereocenters. The number of anilines is 1. The highest BCUT2D eigenvalue weighted by Crippen LogP contribution is 2.31. The van der Waals surface area contributed by atoms with Gasteiger partial charge in [-0.25, -0.2) is 8.42 Å². The molecule has 104 valence electrons. The van der Waals surface area contributed by atoms with Gasteiger partial charge in [0.15, 0.2) is 0 Å². The third kappa shape index (κ3) is 2.60. The Morgan fingerprint density at radius 1 is 1.47 bits per heavy atom. The average Bonchev–Trinajstić information content (AvgIpc) is 2.36. The van der Waals surface area contributed by atoms with Crippen LogP contribution < -0.4 is 10.0 Å². The Bertz CT molecular complexity index is 611. The van der Waals surface area contributed by atoms with Crippen LogP contribution in [0.15, 0.2) is 18.2 Å². The summed E-state index contributed by atoms with van der Waals surface area (Å²) in [6, 6.07) is 5.84. The Kier molecular flexibility index (Phi) is 3.82. The number of nitrogens with zero attached hydrogens (tertiary/aromatic N) is 1. The van der Waals surface area contributed by atoms with E-state index in [1.54, 1.807) is 6.92 Å². The van der Waals surface area contributed by atoms with Crippen LogP contribution in [0.5, 0.6) is 0 Å². The van der Waals surface area contributed by atoms with Crippen molar-refractivity contribution in [2.24, 2.45) is 5.73 Å². The van der Waals surface area contributed by atoms with Crippen molar-refractivity contribution in [2.45, 2.75) is 31.9 Å². The second-order valence-corrected chi connectivity index (χ2v) is 7.55. The van der Waals surface area contributed by atoms with E-state index in [2.05, 4.69) is 0 Å². The van der Waals surface area contributed by atoms with Crippen LogP contribution in [0.1, 0.15) is 24.5 Å². The van der Waals surface area contributed by atoms with Crippen LogP contribution in [-0.2, 0) is 16.4 Å². The molecule has 4 nitrogen and oxygen atoms in total. The van der Waals surface area contributed by atoms with Gasteiger partial charge in [-0.2, -0.15) is 0 Å². The molecule has 0 aromatic heterocycles. The largest absolute Gasteiger partial charge is 0.392 e. The molecule has 1 aliphatic rings. The highest BCUT2D eigenvalue weighted by atomic mass is 32.2. The summed E-state index contributed by atoms with van der Waals surface area (Å²) in [5.41, 5.74) is 8.48. The number of fused-ring (bicyclic) bond motifs is 1. The predicted molar refractivity (Wildman–Crippen MR) is 82.0 cm³/mol. The first-order chi connectivity index (χ1) is 8.84. The molecule has 0 aliphatic carbocycles. The van der Waals surface area contributed by atoms with Gasteiger partial charge in [0.1, 0.15) is 5.25 Å². The van der Waals surface area contributed by atoms with Crippen molar-refractivity contribution < 1.29 is 8.42 Å². The van der Waals surface area contributed by atoms with Gasteiger partial charge < -0.3 is 5.73 Å². The van der Waals surface area contributed by atoms with Crippen molar-refractivity contribution in [1.29, 1.82) is 0 Å². The quantitative estimate of drug-likeness (QED) is 0.864. The predicted octanol–water partition coefficient (Wildman–Crippen LogP) is 1.75. The Morgan fingerprint density at radius 2 is 2.16 bits per heavy atom. The lowest BCUT2D eigenvalue weighted by Gasteiger charge is -2.32. The zero-order valence-electron chi connectivity index (χ0n) is 11.1. The molecular weight excluding hydrogens is 280 g/mol. The van der Waals surface area contributed by atoms with Gasteiger partial charge in [0.05, 0.1) is 10.7 Å². The molecule has 0 fully saturated rings. The fraction of sp³-hybridized carbons (Fsp3) is 0.462. The molecule has 0 spiro atoms. The van der Waals surface area contributed by atoms with Crippen molar-refractivity contribution in [3.8, 4) is 0 Å². The van der Waals surface area contributed by atoms with Crippen LogP contribution in [0.2, 0.25) is 0 Å². The third-order valence-corrected chi connectivity index (χ3v) is 6.11. The number of hydrogen-bond acceptors (Lipinski definition) is 3. The Balaban J connectivity index is 2.47. The van der Waals surface area contributed by atoms with Crippen molar-refractivity contribution in [3.63, 3.8) is 0 Å². The minimum absolute atomic E-state index is 0.0132. The minimum Gasteiger partial charge on any atom is -0.392 e. The molecule has 0 amide bonds. The normalized spacial score (nSPS) is 16.8. The summed E-state index contributed by atoms with van der Waals surface area (Å²) in [5, 5.41) is -0.838. The minimum atomic E-state index is -3.52. The van der Waals surface area contributed by atoms with Crippen LogP contribution >= 0.6 is 12.2 Å². The summed E-state index contributed by atoms with van der Waals surface area (Å²) in [4.78, 5) is 0.0132. The van der Waals surface area contributed by atoms with Crippen LogP contribution in [0.4, 0.5) is 5.69 Å². The second-order valence-electron chi connectivity index (χ2n) is 4.90. The standard InChI is InChI=1S/C13H18N2O2S2/c1-9-5-6-12-11(8-9)4-3-7-15(12)19(16,17)10(2)13(14)18/h5-6,8,10H,3-4,7H2,1-2H3,(H2,14,18). The number of aryl methyl sites for hydroxylation is 2. The van der Waals surface area contributed by atoms with E-state index in [0.717, 1.165) is 29.7 Å². The average molecular weight is 298 g/mol. The molecular formula is C13H18N2O2S2. The molecule has 1 aromatic rings. The molecule has 1 unspecified atom stereocenters. The SMILES string of the molecule is Cc1ccc2c(c1)CCCN2S(=O)(=O)C(C)C(N)=S.